The van der Waals surface area contributed by atoms with E-state index in [1.807, 2.05) is 0 Å². The third kappa shape index (κ3) is 1.08. The molecule has 2 aliphatic rings. The first kappa shape index (κ1) is 7.53. The van der Waals surface area contributed by atoms with E-state index in [4.69, 9.17) is 14.5 Å². The van der Waals surface area contributed by atoms with Crippen molar-refractivity contribution in [1.29, 1.82) is 0 Å². The molecule has 0 radical (unpaired) electrons. The van der Waals surface area contributed by atoms with Gasteiger partial charge in [0.15, 0.2) is 5.60 Å². The van der Waals surface area contributed by atoms with Gasteiger partial charge in [-0.25, -0.2) is 9.78 Å². The molecule has 1 saturated carbocycles. The Labute approximate surface area is 66.6 Å². The molecule has 64 valence electrons. The predicted molar refractivity (Wildman–Crippen MR) is 38.8 cm³/mol. The summed E-state index contributed by atoms with van der Waals surface area (Å²) >= 11 is 0. The fourth-order valence-electron chi connectivity index (χ4n) is 1.95. The van der Waals surface area contributed by atoms with Crippen molar-refractivity contribution in [2.45, 2.75) is 44.0 Å². The van der Waals surface area contributed by atoms with E-state index in [1.165, 1.54) is 19.3 Å². The first-order valence-electron chi connectivity index (χ1n) is 4.25. The quantitative estimate of drug-likeness (QED) is 0.543. The molecule has 1 spiro atoms. The third-order valence-electron chi connectivity index (χ3n) is 2.65. The highest BCUT2D eigenvalue weighted by atomic mass is 17.3. The van der Waals surface area contributed by atoms with E-state index in [0.717, 1.165) is 12.8 Å². The summed E-state index contributed by atoms with van der Waals surface area (Å²) in [6.45, 7) is 0. The molecule has 1 heterocycles. The second kappa shape index (κ2) is 2.73. The molecule has 0 aromatic rings. The molecule has 3 heteroatoms. The van der Waals surface area contributed by atoms with Crippen molar-refractivity contribution in [2.24, 2.45) is 0 Å². The number of hydrogen-bond donors (Lipinski definition) is 0. The Bertz CT molecular complexity index is 138. The molecule has 0 N–H and O–H groups in total. The zero-order chi connectivity index (χ0) is 7.73. The normalized spacial score (nSPS) is 35.2. The van der Waals surface area contributed by atoms with Crippen LogP contribution in [-0.2, 0) is 14.5 Å². The van der Waals surface area contributed by atoms with Crippen molar-refractivity contribution < 1.29 is 14.5 Å². The van der Waals surface area contributed by atoms with Gasteiger partial charge in [-0.15, -0.1) is 0 Å². The molecule has 0 amide bonds. The molecule has 11 heavy (non-hydrogen) atoms. The minimum absolute atomic E-state index is 0.0764. The number of hydrogen-bond acceptors (Lipinski definition) is 3. The van der Waals surface area contributed by atoms with Crippen molar-refractivity contribution in [1.82, 2.24) is 0 Å². The molecule has 1 saturated heterocycles. The van der Waals surface area contributed by atoms with Crippen LogP contribution in [0.15, 0.2) is 0 Å². The van der Waals surface area contributed by atoms with Crippen molar-refractivity contribution >= 4 is 0 Å². The molecule has 1 aliphatic carbocycles. The Morgan fingerprint density at radius 3 is 2.45 bits per heavy atom. The minimum Gasteiger partial charge on any atom is -0.351 e. The third-order valence-corrected chi connectivity index (χ3v) is 2.65. The fourth-order valence-corrected chi connectivity index (χ4v) is 1.95. The lowest BCUT2D eigenvalue weighted by molar-refractivity contribution is -0.561. The molecule has 1 aliphatic heterocycles. The van der Waals surface area contributed by atoms with Crippen LogP contribution in [0.4, 0.5) is 0 Å². The van der Waals surface area contributed by atoms with Crippen LogP contribution >= 0.6 is 0 Å². The van der Waals surface area contributed by atoms with Gasteiger partial charge in [0.25, 0.3) is 0 Å². The van der Waals surface area contributed by atoms with E-state index in [9.17, 15) is 0 Å². The lowest BCUT2D eigenvalue weighted by atomic mass is 9.83. The summed E-state index contributed by atoms with van der Waals surface area (Å²) < 4.78 is 5.13. The van der Waals surface area contributed by atoms with Gasteiger partial charge in [-0.3, -0.25) is 0 Å². The topological polar surface area (TPSA) is 27.7 Å². The van der Waals surface area contributed by atoms with Crippen LogP contribution in [0, 0.1) is 0 Å². The zero-order valence-electron chi connectivity index (χ0n) is 6.84. The van der Waals surface area contributed by atoms with E-state index in [2.05, 4.69) is 0 Å². The maximum Gasteiger partial charge on any atom is 0.223 e. The summed E-state index contributed by atoms with van der Waals surface area (Å²) in [5.41, 5.74) is -0.0764. The Kier molecular flexibility index (Phi) is 1.87. The zero-order valence-corrected chi connectivity index (χ0v) is 6.84. The van der Waals surface area contributed by atoms with Gasteiger partial charge < -0.3 is 4.74 Å². The van der Waals surface area contributed by atoms with Gasteiger partial charge in [-0.1, -0.05) is 19.3 Å². The highest BCUT2D eigenvalue weighted by molar-refractivity contribution is 4.90. The lowest BCUT2D eigenvalue weighted by Crippen LogP contribution is -2.58. The van der Waals surface area contributed by atoms with Gasteiger partial charge in [-0.2, -0.15) is 0 Å². The standard InChI is InChI=1S/C8H14O3/c1-9-7-8(11-10-7)5-3-2-4-6-8/h7H,2-6H2,1H3/t7-/m0/s1. The van der Waals surface area contributed by atoms with Gasteiger partial charge in [0.1, 0.15) is 0 Å². The summed E-state index contributed by atoms with van der Waals surface area (Å²) in [5.74, 6) is 0. The Hall–Kier alpha value is -0.120. The molecule has 1 atom stereocenters. The van der Waals surface area contributed by atoms with Crippen molar-refractivity contribution in [3.63, 3.8) is 0 Å². The second-order valence-electron chi connectivity index (χ2n) is 3.37. The van der Waals surface area contributed by atoms with Crippen molar-refractivity contribution in [3.05, 3.63) is 0 Å². The van der Waals surface area contributed by atoms with Gasteiger partial charge >= 0.3 is 0 Å². The summed E-state index contributed by atoms with van der Waals surface area (Å²) in [7, 11) is 1.67. The largest absolute Gasteiger partial charge is 0.351 e. The summed E-state index contributed by atoms with van der Waals surface area (Å²) in [6.07, 6.45) is 5.87. The van der Waals surface area contributed by atoms with E-state index in [0.29, 0.717) is 0 Å². The van der Waals surface area contributed by atoms with Crippen LogP contribution < -0.4 is 0 Å². The molecule has 0 aromatic heterocycles. The van der Waals surface area contributed by atoms with Crippen LogP contribution in [0.2, 0.25) is 0 Å². The molecular formula is C8H14O3. The highest BCUT2D eigenvalue weighted by Crippen LogP contribution is 2.42. The average molecular weight is 158 g/mol. The first-order valence-corrected chi connectivity index (χ1v) is 4.25. The smallest absolute Gasteiger partial charge is 0.223 e. The first-order chi connectivity index (χ1) is 5.37. The van der Waals surface area contributed by atoms with Gasteiger partial charge in [0.2, 0.25) is 6.29 Å². The molecule has 0 bridgehead atoms. The maximum absolute atomic E-state index is 5.14. The van der Waals surface area contributed by atoms with Crippen LogP contribution in [0.25, 0.3) is 0 Å². The molecular weight excluding hydrogens is 144 g/mol. The van der Waals surface area contributed by atoms with E-state index >= 15 is 0 Å². The Morgan fingerprint density at radius 1 is 1.27 bits per heavy atom. The average Bonchev–Trinajstić information content (AvgIpc) is 2.05. The molecule has 0 aromatic carbocycles. The SMILES string of the molecule is CO[C@H]1OOC12CCCCC2. The van der Waals surface area contributed by atoms with Crippen LogP contribution in [-0.4, -0.2) is 19.0 Å². The number of ether oxygens (including phenoxy) is 1. The van der Waals surface area contributed by atoms with E-state index in [-0.39, 0.29) is 11.9 Å². The van der Waals surface area contributed by atoms with Crippen molar-refractivity contribution in [2.75, 3.05) is 7.11 Å². The van der Waals surface area contributed by atoms with Gasteiger partial charge in [0, 0.05) is 7.11 Å². The number of methoxy groups -OCH3 is 1. The monoisotopic (exact) mass is 158 g/mol. The number of rotatable bonds is 1. The summed E-state index contributed by atoms with van der Waals surface area (Å²) in [5, 5.41) is 0. The summed E-state index contributed by atoms with van der Waals surface area (Å²) in [6, 6.07) is 0. The van der Waals surface area contributed by atoms with Crippen molar-refractivity contribution in [3.8, 4) is 0 Å². The molecule has 3 nitrogen and oxygen atoms in total. The molecule has 2 rings (SSSR count). The fraction of sp³-hybridized carbons (Fsp3) is 1.00. The molecule has 0 unspecified atom stereocenters. The second-order valence-corrected chi connectivity index (χ2v) is 3.37. The van der Waals surface area contributed by atoms with E-state index < -0.39 is 0 Å². The van der Waals surface area contributed by atoms with E-state index in [1.54, 1.807) is 7.11 Å². The minimum atomic E-state index is -0.109. The Balaban J connectivity index is 1.97. The summed E-state index contributed by atoms with van der Waals surface area (Å²) in [4.78, 5) is 9.99. The van der Waals surface area contributed by atoms with Crippen LogP contribution in [0.3, 0.4) is 0 Å². The van der Waals surface area contributed by atoms with Gasteiger partial charge in [-0.05, 0) is 12.8 Å². The highest BCUT2D eigenvalue weighted by Gasteiger charge is 2.52. The van der Waals surface area contributed by atoms with Crippen LogP contribution in [0.5, 0.6) is 0 Å². The lowest BCUT2D eigenvalue weighted by Gasteiger charge is -2.47. The molecule has 2 fully saturated rings. The Morgan fingerprint density at radius 2 is 2.00 bits per heavy atom. The predicted octanol–water partition coefficient (Wildman–Crippen LogP) is 1.62. The van der Waals surface area contributed by atoms with Gasteiger partial charge in [0.05, 0.1) is 0 Å². The van der Waals surface area contributed by atoms with Crippen LogP contribution in [0.1, 0.15) is 32.1 Å². The maximum atomic E-state index is 5.14.